The second-order valence-corrected chi connectivity index (χ2v) is 5.27. The van der Waals surface area contributed by atoms with E-state index in [1.54, 1.807) is 0 Å². The summed E-state index contributed by atoms with van der Waals surface area (Å²) in [7, 11) is 0. The van der Waals surface area contributed by atoms with Gasteiger partial charge in [-0.3, -0.25) is 0 Å². The number of benzene rings is 2. The highest BCUT2D eigenvalue weighted by atomic mass is 79.9. The average Bonchev–Trinajstić information content (AvgIpc) is 2.48. The van der Waals surface area contributed by atoms with Crippen molar-refractivity contribution in [3.05, 3.63) is 70.2 Å². The van der Waals surface area contributed by atoms with E-state index in [0.717, 1.165) is 16.6 Å². The van der Waals surface area contributed by atoms with Crippen LogP contribution in [0.1, 0.15) is 11.1 Å². The van der Waals surface area contributed by atoms with Crippen molar-refractivity contribution in [2.75, 3.05) is 13.2 Å². The van der Waals surface area contributed by atoms with Gasteiger partial charge >= 0.3 is 0 Å². The zero-order valence-electron chi connectivity index (χ0n) is 11.3. The minimum atomic E-state index is 0.554. The molecule has 0 unspecified atom stereocenters. The predicted octanol–water partition coefficient (Wildman–Crippen LogP) is 4.04. The third-order valence-electron chi connectivity index (χ3n) is 2.89. The van der Waals surface area contributed by atoms with Gasteiger partial charge in [0, 0.05) is 4.47 Å². The minimum Gasteiger partial charge on any atom is -0.490 e. The van der Waals surface area contributed by atoms with Crippen LogP contribution >= 0.6 is 15.9 Å². The van der Waals surface area contributed by atoms with Crippen molar-refractivity contribution in [2.24, 2.45) is 5.73 Å². The van der Waals surface area contributed by atoms with E-state index >= 15 is 0 Å². The van der Waals surface area contributed by atoms with Gasteiger partial charge in [0.05, 0.1) is 0 Å². The zero-order valence-corrected chi connectivity index (χ0v) is 12.8. The molecule has 0 saturated heterocycles. The van der Waals surface area contributed by atoms with Crippen molar-refractivity contribution in [3.63, 3.8) is 0 Å². The summed E-state index contributed by atoms with van der Waals surface area (Å²) in [6, 6.07) is 16.2. The molecule has 2 N–H and O–H groups in total. The summed E-state index contributed by atoms with van der Waals surface area (Å²) in [5.74, 6) is 0.870. The molecule has 2 nitrogen and oxygen atoms in total. The standard InChI is InChI=1S/C17H18BrNO/c18-17-9-8-16(13-15(17)10-11-19)20-12-4-7-14-5-2-1-3-6-14/h1-9,13H,10-12,19H2/b7-4+. The van der Waals surface area contributed by atoms with Gasteiger partial charge in [-0.1, -0.05) is 52.3 Å². The van der Waals surface area contributed by atoms with Gasteiger partial charge in [0.15, 0.2) is 0 Å². The molecule has 0 aliphatic rings. The lowest BCUT2D eigenvalue weighted by atomic mass is 10.1. The number of nitrogens with two attached hydrogens (primary N) is 1. The van der Waals surface area contributed by atoms with Crippen molar-refractivity contribution >= 4 is 22.0 Å². The molecule has 0 heterocycles. The predicted molar refractivity (Wildman–Crippen MR) is 87.9 cm³/mol. The molecule has 0 aliphatic carbocycles. The van der Waals surface area contributed by atoms with Crippen LogP contribution in [-0.2, 0) is 6.42 Å². The molecule has 0 amide bonds. The summed E-state index contributed by atoms with van der Waals surface area (Å²) in [4.78, 5) is 0. The molecular formula is C17H18BrNO. The fourth-order valence-corrected chi connectivity index (χ4v) is 2.33. The number of hydrogen-bond acceptors (Lipinski definition) is 2. The molecule has 104 valence electrons. The lowest BCUT2D eigenvalue weighted by Crippen LogP contribution is -2.03. The molecule has 2 aromatic rings. The van der Waals surface area contributed by atoms with Crippen LogP contribution in [0, 0.1) is 0 Å². The van der Waals surface area contributed by atoms with Crippen LogP contribution in [0.15, 0.2) is 59.1 Å². The van der Waals surface area contributed by atoms with Crippen LogP contribution in [0.3, 0.4) is 0 Å². The SMILES string of the molecule is NCCc1cc(OC/C=C/c2ccccc2)ccc1Br. The fourth-order valence-electron chi connectivity index (χ4n) is 1.88. The zero-order chi connectivity index (χ0) is 14.2. The molecule has 0 fully saturated rings. The van der Waals surface area contributed by atoms with Crippen LogP contribution in [0.4, 0.5) is 0 Å². The van der Waals surface area contributed by atoms with Crippen molar-refractivity contribution in [1.29, 1.82) is 0 Å². The Bertz CT molecular complexity index is 566. The van der Waals surface area contributed by atoms with Gasteiger partial charge in [0.1, 0.15) is 12.4 Å². The smallest absolute Gasteiger partial charge is 0.120 e. The first-order valence-corrected chi connectivity index (χ1v) is 7.42. The Morgan fingerprint density at radius 3 is 2.65 bits per heavy atom. The number of halogens is 1. The highest BCUT2D eigenvalue weighted by Gasteiger charge is 2.01. The molecule has 0 spiro atoms. The first-order valence-electron chi connectivity index (χ1n) is 6.62. The third kappa shape index (κ3) is 4.51. The quantitative estimate of drug-likeness (QED) is 0.866. The van der Waals surface area contributed by atoms with E-state index in [0.29, 0.717) is 13.2 Å². The monoisotopic (exact) mass is 331 g/mol. The Hall–Kier alpha value is -1.58. The van der Waals surface area contributed by atoms with E-state index in [2.05, 4.69) is 34.1 Å². The van der Waals surface area contributed by atoms with Crippen LogP contribution in [-0.4, -0.2) is 13.2 Å². The largest absolute Gasteiger partial charge is 0.490 e. The van der Waals surface area contributed by atoms with E-state index < -0.39 is 0 Å². The summed E-state index contributed by atoms with van der Waals surface area (Å²) in [6.45, 7) is 1.19. The highest BCUT2D eigenvalue weighted by molar-refractivity contribution is 9.10. The van der Waals surface area contributed by atoms with Gasteiger partial charge in [-0.2, -0.15) is 0 Å². The van der Waals surface area contributed by atoms with Crippen LogP contribution < -0.4 is 10.5 Å². The van der Waals surface area contributed by atoms with E-state index in [1.807, 2.05) is 42.5 Å². The lowest BCUT2D eigenvalue weighted by molar-refractivity contribution is 0.363. The Morgan fingerprint density at radius 2 is 1.90 bits per heavy atom. The first kappa shape index (κ1) is 14.8. The molecule has 0 aromatic heterocycles. The van der Waals surface area contributed by atoms with Crippen molar-refractivity contribution in [2.45, 2.75) is 6.42 Å². The first-order chi connectivity index (χ1) is 9.79. The molecule has 0 aliphatic heterocycles. The maximum atomic E-state index is 5.72. The number of hydrogen-bond donors (Lipinski definition) is 1. The van der Waals surface area contributed by atoms with E-state index in [1.165, 1.54) is 11.1 Å². The summed E-state index contributed by atoms with van der Waals surface area (Å²) in [5.41, 5.74) is 7.95. The normalized spacial score (nSPS) is 10.9. The van der Waals surface area contributed by atoms with Crippen molar-refractivity contribution < 1.29 is 4.74 Å². The second-order valence-electron chi connectivity index (χ2n) is 4.42. The Balaban J connectivity index is 1.91. The average molecular weight is 332 g/mol. The molecule has 20 heavy (non-hydrogen) atoms. The van der Waals surface area contributed by atoms with Crippen molar-refractivity contribution in [3.8, 4) is 5.75 Å². The molecule has 0 radical (unpaired) electrons. The van der Waals surface area contributed by atoms with E-state index in [9.17, 15) is 0 Å². The lowest BCUT2D eigenvalue weighted by Gasteiger charge is -2.07. The second kappa shape index (κ2) is 7.88. The van der Waals surface area contributed by atoms with Gasteiger partial charge < -0.3 is 10.5 Å². The Kier molecular flexibility index (Phi) is 5.84. The molecule has 0 atom stereocenters. The topological polar surface area (TPSA) is 35.2 Å². The Morgan fingerprint density at radius 1 is 1.10 bits per heavy atom. The van der Waals surface area contributed by atoms with Crippen LogP contribution in [0.25, 0.3) is 6.08 Å². The summed E-state index contributed by atoms with van der Waals surface area (Å²) >= 11 is 3.52. The Labute approximate surface area is 128 Å². The third-order valence-corrected chi connectivity index (χ3v) is 3.66. The van der Waals surface area contributed by atoms with E-state index in [-0.39, 0.29) is 0 Å². The van der Waals surface area contributed by atoms with Gasteiger partial charge in [0.2, 0.25) is 0 Å². The summed E-state index contributed by atoms with van der Waals surface area (Å²) in [5, 5.41) is 0. The molecule has 2 aromatic carbocycles. The van der Waals surface area contributed by atoms with Crippen LogP contribution in [0.2, 0.25) is 0 Å². The van der Waals surface area contributed by atoms with Crippen LogP contribution in [0.5, 0.6) is 5.75 Å². The van der Waals surface area contributed by atoms with Gasteiger partial charge in [-0.05, 0) is 48.4 Å². The maximum absolute atomic E-state index is 5.72. The molecule has 3 heteroatoms. The minimum absolute atomic E-state index is 0.554. The van der Waals surface area contributed by atoms with Gasteiger partial charge in [-0.15, -0.1) is 0 Å². The number of rotatable bonds is 6. The van der Waals surface area contributed by atoms with Crippen molar-refractivity contribution in [1.82, 2.24) is 0 Å². The molecular weight excluding hydrogens is 314 g/mol. The molecule has 2 rings (SSSR count). The maximum Gasteiger partial charge on any atom is 0.120 e. The van der Waals surface area contributed by atoms with Gasteiger partial charge in [-0.25, -0.2) is 0 Å². The summed E-state index contributed by atoms with van der Waals surface area (Å²) in [6.07, 6.45) is 4.91. The van der Waals surface area contributed by atoms with E-state index in [4.69, 9.17) is 10.5 Å². The summed E-state index contributed by atoms with van der Waals surface area (Å²) < 4.78 is 6.80. The molecule has 0 bridgehead atoms. The fraction of sp³-hybridized carbons (Fsp3) is 0.176. The van der Waals surface area contributed by atoms with Gasteiger partial charge in [0.25, 0.3) is 0 Å². The molecule has 0 saturated carbocycles. The highest BCUT2D eigenvalue weighted by Crippen LogP contribution is 2.22. The number of ether oxygens (including phenoxy) is 1.